The monoisotopic (exact) mass is 351 g/mol. The van der Waals surface area contributed by atoms with Crippen molar-refractivity contribution < 1.29 is 14.6 Å². The lowest BCUT2D eigenvalue weighted by atomic mass is 9.96. The minimum absolute atomic E-state index is 0.321. The fourth-order valence-electron chi connectivity index (χ4n) is 3.40. The molecule has 2 aromatic heterocycles. The number of aliphatic hydroxyl groups excluding tert-OH is 1. The molecule has 2 aliphatic rings. The van der Waals surface area contributed by atoms with E-state index in [-0.39, 0.29) is 0 Å². The van der Waals surface area contributed by atoms with Crippen LogP contribution in [0.2, 0.25) is 0 Å². The average Bonchev–Trinajstić information content (AvgIpc) is 3.16. The third-order valence-corrected chi connectivity index (χ3v) is 6.24. The maximum Gasteiger partial charge on any atom is 0.167 e. The highest BCUT2D eigenvalue weighted by atomic mass is 31.2. The summed E-state index contributed by atoms with van der Waals surface area (Å²) in [6, 6.07) is 0. The summed E-state index contributed by atoms with van der Waals surface area (Å²) in [6.07, 6.45) is 7.33. The van der Waals surface area contributed by atoms with Gasteiger partial charge in [-0.3, -0.25) is 4.57 Å². The maximum absolute atomic E-state index is 10.7. The molecular weight excluding hydrogens is 329 g/mol. The summed E-state index contributed by atoms with van der Waals surface area (Å²) in [7, 11) is 0. The summed E-state index contributed by atoms with van der Waals surface area (Å²) in [5, 5.41) is 10.7. The number of nitrogens with two attached hydrogens (primary N) is 1. The van der Waals surface area contributed by atoms with E-state index in [2.05, 4.69) is 34.6 Å². The van der Waals surface area contributed by atoms with Gasteiger partial charge >= 0.3 is 0 Å². The van der Waals surface area contributed by atoms with Crippen molar-refractivity contribution in [2.75, 3.05) is 31.8 Å². The third-order valence-electron chi connectivity index (χ3n) is 4.81. The molecule has 2 aromatic rings. The van der Waals surface area contributed by atoms with Gasteiger partial charge in [0.15, 0.2) is 17.7 Å². The van der Waals surface area contributed by atoms with Crippen LogP contribution in [0, 0.1) is 0 Å². The number of rotatable bonds is 4. The molecule has 2 saturated heterocycles. The minimum Gasteiger partial charge on any atom is -0.387 e. The lowest BCUT2D eigenvalue weighted by molar-refractivity contribution is -0.172. The van der Waals surface area contributed by atoms with Crippen molar-refractivity contribution in [1.29, 1.82) is 0 Å². The van der Waals surface area contributed by atoms with Gasteiger partial charge < -0.3 is 20.3 Å². The predicted octanol–water partition coefficient (Wildman–Crippen LogP) is 0.535. The van der Waals surface area contributed by atoms with Crippen LogP contribution in [0.15, 0.2) is 12.7 Å². The molecule has 0 aromatic carbocycles. The van der Waals surface area contributed by atoms with E-state index in [1.165, 1.54) is 6.33 Å². The van der Waals surface area contributed by atoms with Crippen molar-refractivity contribution in [3.8, 4) is 0 Å². The van der Waals surface area contributed by atoms with Crippen LogP contribution in [0.3, 0.4) is 0 Å². The minimum atomic E-state index is -1.21. The van der Waals surface area contributed by atoms with Crippen molar-refractivity contribution in [3.63, 3.8) is 0 Å². The van der Waals surface area contributed by atoms with Crippen LogP contribution in [0.4, 0.5) is 5.82 Å². The predicted molar refractivity (Wildman–Crippen MR) is 93.7 cm³/mol. The van der Waals surface area contributed by atoms with Crippen molar-refractivity contribution in [2.45, 2.75) is 30.5 Å². The number of anilines is 1. The number of aliphatic hydroxyl groups is 1. The van der Waals surface area contributed by atoms with Crippen LogP contribution >= 0.6 is 6.89 Å². The van der Waals surface area contributed by atoms with E-state index in [4.69, 9.17) is 15.2 Å². The molecule has 4 atom stereocenters. The summed E-state index contributed by atoms with van der Waals surface area (Å²) in [5.74, 6) is 0.321. The standard InChI is InChI=1S/C15H22N5O3P/c1-24(2,3)5-4-15-6-22-10(11(15)21)14(23-15)20-8-19-9-12(16)17-7-18-13(9)20/h7-8,10-11,14,21H,1,4-6H2,2-3H3,(H2,16,17,18)/t10-,11+,14-,15+/m1/s1. The number of nitrogens with zero attached hydrogens (tertiary/aromatic N) is 4. The van der Waals surface area contributed by atoms with Gasteiger partial charge in [0.05, 0.1) is 12.9 Å². The molecule has 2 aliphatic heterocycles. The highest BCUT2D eigenvalue weighted by Gasteiger charge is 2.61. The summed E-state index contributed by atoms with van der Waals surface area (Å²) in [4.78, 5) is 12.5. The topological polar surface area (TPSA) is 108 Å². The van der Waals surface area contributed by atoms with Crippen LogP contribution in [0.25, 0.3) is 11.2 Å². The molecule has 0 unspecified atom stereocenters. The second-order valence-electron chi connectivity index (χ2n) is 7.29. The van der Waals surface area contributed by atoms with Gasteiger partial charge in [0, 0.05) is 0 Å². The Hall–Kier alpha value is -1.47. The molecule has 9 heteroatoms. The Balaban J connectivity index is 1.66. The second-order valence-corrected chi connectivity index (χ2v) is 11.6. The highest BCUT2D eigenvalue weighted by Crippen LogP contribution is 2.50. The lowest BCUT2D eigenvalue weighted by Gasteiger charge is -2.32. The van der Waals surface area contributed by atoms with Crippen LogP contribution < -0.4 is 5.73 Å². The molecule has 0 amide bonds. The highest BCUT2D eigenvalue weighted by molar-refractivity contribution is 7.72. The molecule has 0 saturated carbocycles. The van der Waals surface area contributed by atoms with Gasteiger partial charge in [-0.05, 0) is 25.9 Å². The molecule has 0 spiro atoms. The Morgan fingerprint density at radius 2 is 2.25 bits per heavy atom. The first-order valence-electron chi connectivity index (χ1n) is 7.89. The van der Waals surface area contributed by atoms with Gasteiger partial charge in [-0.25, -0.2) is 15.0 Å². The molecule has 4 heterocycles. The molecule has 8 nitrogen and oxygen atoms in total. The molecule has 4 rings (SSSR count). The quantitative estimate of drug-likeness (QED) is 0.774. The number of hydrogen-bond donors (Lipinski definition) is 2. The first kappa shape index (κ1) is 16.0. The van der Waals surface area contributed by atoms with E-state index in [9.17, 15) is 5.11 Å². The van der Waals surface area contributed by atoms with Gasteiger partial charge in [-0.1, -0.05) is 0 Å². The Morgan fingerprint density at radius 3 is 3.00 bits per heavy atom. The van der Waals surface area contributed by atoms with E-state index >= 15 is 0 Å². The molecule has 3 N–H and O–H groups in total. The Labute approximate surface area is 140 Å². The number of imidazole rings is 1. The fourth-order valence-corrected chi connectivity index (χ4v) is 4.39. The molecule has 0 radical (unpaired) electrons. The van der Waals surface area contributed by atoms with Crippen molar-refractivity contribution in [3.05, 3.63) is 12.7 Å². The molecule has 130 valence electrons. The summed E-state index contributed by atoms with van der Waals surface area (Å²) in [6.45, 7) is 3.55. The Kier molecular flexibility index (Phi) is 3.51. The first-order chi connectivity index (χ1) is 11.3. The van der Waals surface area contributed by atoms with E-state index in [0.29, 0.717) is 23.6 Å². The first-order valence-corrected chi connectivity index (χ1v) is 10.9. The molecule has 0 aliphatic carbocycles. The van der Waals surface area contributed by atoms with E-state index in [1.54, 1.807) is 10.9 Å². The van der Waals surface area contributed by atoms with Crippen LogP contribution in [0.1, 0.15) is 12.6 Å². The molecular formula is C15H22N5O3P. The van der Waals surface area contributed by atoms with Crippen LogP contribution in [-0.2, 0) is 9.47 Å². The van der Waals surface area contributed by atoms with Gasteiger partial charge in [0.2, 0.25) is 0 Å². The summed E-state index contributed by atoms with van der Waals surface area (Å²) in [5.41, 5.74) is 6.27. The maximum atomic E-state index is 10.7. The van der Waals surface area contributed by atoms with Crippen LogP contribution in [0.5, 0.6) is 0 Å². The summed E-state index contributed by atoms with van der Waals surface area (Å²) < 4.78 is 13.9. The lowest BCUT2D eigenvalue weighted by Crippen LogP contribution is -2.41. The number of fused-ring (bicyclic) bond motifs is 3. The van der Waals surface area contributed by atoms with Gasteiger partial charge in [-0.15, -0.1) is 13.2 Å². The average molecular weight is 351 g/mol. The van der Waals surface area contributed by atoms with Crippen molar-refractivity contribution in [2.24, 2.45) is 0 Å². The number of ether oxygens (including phenoxy) is 2. The van der Waals surface area contributed by atoms with Crippen molar-refractivity contribution >= 4 is 30.2 Å². The molecule has 24 heavy (non-hydrogen) atoms. The largest absolute Gasteiger partial charge is 0.387 e. The molecule has 2 bridgehead atoms. The van der Waals surface area contributed by atoms with Gasteiger partial charge in [-0.2, -0.15) is 0 Å². The van der Waals surface area contributed by atoms with E-state index in [1.807, 2.05) is 0 Å². The zero-order valence-corrected chi connectivity index (χ0v) is 14.7. The van der Waals surface area contributed by atoms with Crippen LogP contribution in [-0.4, -0.2) is 74.8 Å². The third kappa shape index (κ3) is 2.37. The number of hydrogen-bond acceptors (Lipinski definition) is 7. The SMILES string of the molecule is C=P(C)(C)CC[C@@]12CO[C@@H]([C@H](n3cnc4c(N)ncnc43)O1)[C@@H]2O. The Bertz CT molecular complexity index is 834. The summed E-state index contributed by atoms with van der Waals surface area (Å²) >= 11 is 0. The Morgan fingerprint density at radius 1 is 1.46 bits per heavy atom. The second kappa shape index (κ2) is 5.26. The molecule has 2 fully saturated rings. The van der Waals surface area contributed by atoms with Crippen molar-refractivity contribution in [1.82, 2.24) is 19.5 Å². The van der Waals surface area contributed by atoms with Gasteiger partial charge in [0.25, 0.3) is 0 Å². The van der Waals surface area contributed by atoms with Gasteiger partial charge in [0.1, 0.15) is 29.7 Å². The number of aromatic nitrogens is 4. The zero-order valence-electron chi connectivity index (χ0n) is 13.8. The smallest absolute Gasteiger partial charge is 0.167 e. The number of nitrogen functional groups attached to an aromatic ring is 1. The zero-order chi connectivity index (χ0) is 17.1. The normalized spacial score (nSPS) is 32.7. The van der Waals surface area contributed by atoms with E-state index in [0.717, 1.165) is 12.6 Å². The van der Waals surface area contributed by atoms with E-state index < -0.39 is 30.9 Å². The fraction of sp³-hybridized carbons (Fsp3) is 0.600.